The van der Waals surface area contributed by atoms with E-state index in [9.17, 15) is 9.59 Å². The summed E-state index contributed by atoms with van der Waals surface area (Å²) in [5.74, 6) is -0.290. The smallest absolute Gasteiger partial charge is 0.340 e. The Morgan fingerprint density at radius 1 is 0.944 bits per heavy atom. The second-order valence-corrected chi connectivity index (χ2v) is 9.04. The Hall–Kier alpha value is -3.10. The molecule has 0 N–H and O–H groups in total. The molecule has 0 bridgehead atoms. The number of benzene rings is 2. The molecule has 0 amide bonds. The van der Waals surface area contributed by atoms with E-state index in [0.717, 1.165) is 5.56 Å². The molecule has 1 heterocycles. The number of hydrogen-bond acceptors (Lipinski definition) is 7. The van der Waals surface area contributed by atoms with Crippen molar-refractivity contribution in [3.63, 3.8) is 0 Å². The first kappa shape index (κ1) is 27.5. The number of ether oxygens (including phenoxy) is 4. The van der Waals surface area contributed by atoms with E-state index in [-0.39, 0.29) is 30.9 Å². The van der Waals surface area contributed by atoms with Crippen LogP contribution in [0.5, 0.6) is 11.5 Å². The number of carbonyl (C=O) groups is 2. The first-order chi connectivity index (χ1) is 17.2. The number of halogens is 2. The maximum Gasteiger partial charge on any atom is 0.340 e. The van der Waals surface area contributed by atoms with E-state index in [4.69, 9.17) is 30.5 Å². The van der Waals surface area contributed by atoms with Gasteiger partial charge in [0.2, 0.25) is 0 Å². The number of methoxy groups -OCH3 is 1. The summed E-state index contributed by atoms with van der Waals surface area (Å²) in [6, 6.07) is 10.8. The molecule has 0 unspecified atom stereocenters. The molecule has 0 saturated heterocycles. The number of hydrogen-bond donors (Lipinski definition) is 0. The number of nitrogens with zero attached hydrogens (tertiary/aromatic N) is 1. The fraction of sp³-hybridized carbons (Fsp3) is 0.296. The highest BCUT2D eigenvalue weighted by Crippen LogP contribution is 2.42. The summed E-state index contributed by atoms with van der Waals surface area (Å²) >= 11 is 9.54. The van der Waals surface area contributed by atoms with Crippen molar-refractivity contribution in [3.8, 4) is 22.6 Å². The number of rotatable bonds is 9. The van der Waals surface area contributed by atoms with Crippen LogP contribution in [0.3, 0.4) is 0 Å². The average Bonchev–Trinajstić information content (AvgIpc) is 2.83. The van der Waals surface area contributed by atoms with Crippen molar-refractivity contribution in [1.29, 1.82) is 0 Å². The quantitative estimate of drug-likeness (QED) is 0.261. The third-order valence-corrected chi connectivity index (χ3v) is 6.17. The number of carbonyl (C=O) groups excluding carboxylic acids is 2. The molecule has 0 aliphatic carbocycles. The molecule has 0 spiro atoms. The van der Waals surface area contributed by atoms with Crippen LogP contribution in [-0.2, 0) is 16.1 Å². The van der Waals surface area contributed by atoms with E-state index in [2.05, 4.69) is 20.9 Å². The first-order valence-corrected chi connectivity index (χ1v) is 12.5. The van der Waals surface area contributed by atoms with Gasteiger partial charge in [-0.2, -0.15) is 0 Å². The average molecular weight is 577 g/mol. The summed E-state index contributed by atoms with van der Waals surface area (Å²) in [5.41, 5.74) is 3.08. The lowest BCUT2D eigenvalue weighted by Gasteiger charge is -2.20. The Labute approximate surface area is 223 Å². The first-order valence-electron chi connectivity index (χ1n) is 11.3. The van der Waals surface area contributed by atoms with Gasteiger partial charge in [0.15, 0.2) is 11.5 Å². The second-order valence-electron chi connectivity index (χ2n) is 7.75. The SMILES string of the molecule is CCOC(=O)c1c(C)nc(C)c(C(=O)OCC)c1-c1cc(Br)c(OCc2ccc(Cl)cc2)c(OC)c1. The van der Waals surface area contributed by atoms with Gasteiger partial charge in [-0.05, 0) is 79.0 Å². The van der Waals surface area contributed by atoms with Crippen LogP contribution in [0.25, 0.3) is 11.1 Å². The predicted octanol–water partition coefficient (Wildman–Crippen LogP) is 6.72. The molecule has 2 aromatic carbocycles. The second kappa shape index (κ2) is 12.2. The van der Waals surface area contributed by atoms with Gasteiger partial charge < -0.3 is 18.9 Å². The molecule has 7 nitrogen and oxygen atoms in total. The van der Waals surface area contributed by atoms with Crippen LogP contribution in [0.1, 0.15) is 51.5 Å². The van der Waals surface area contributed by atoms with Gasteiger partial charge >= 0.3 is 11.9 Å². The van der Waals surface area contributed by atoms with Gasteiger partial charge in [0.05, 0.1) is 47.3 Å². The third kappa shape index (κ3) is 5.99. The van der Waals surface area contributed by atoms with Crippen LogP contribution < -0.4 is 9.47 Å². The lowest BCUT2D eigenvalue weighted by molar-refractivity contribution is 0.0525. The molecule has 0 radical (unpaired) electrons. The Kier molecular flexibility index (Phi) is 9.34. The highest BCUT2D eigenvalue weighted by atomic mass is 79.9. The van der Waals surface area contributed by atoms with Crippen molar-refractivity contribution < 1.29 is 28.5 Å². The maximum atomic E-state index is 13.0. The van der Waals surface area contributed by atoms with Gasteiger partial charge in [0.1, 0.15) is 6.61 Å². The predicted molar refractivity (Wildman–Crippen MR) is 141 cm³/mol. The third-order valence-electron chi connectivity index (χ3n) is 5.33. The number of pyridine rings is 1. The molecule has 3 aromatic rings. The van der Waals surface area contributed by atoms with Crippen molar-refractivity contribution in [1.82, 2.24) is 4.98 Å². The van der Waals surface area contributed by atoms with Crippen molar-refractivity contribution in [2.24, 2.45) is 0 Å². The number of aryl methyl sites for hydroxylation is 2. The summed E-state index contributed by atoms with van der Waals surface area (Å²) in [6.07, 6.45) is 0. The van der Waals surface area contributed by atoms with Gasteiger partial charge in [-0.1, -0.05) is 23.7 Å². The van der Waals surface area contributed by atoms with Crippen LogP contribution in [0, 0.1) is 13.8 Å². The summed E-state index contributed by atoms with van der Waals surface area (Å²) in [6.45, 7) is 7.46. The summed E-state index contributed by atoms with van der Waals surface area (Å²) in [7, 11) is 1.52. The van der Waals surface area contributed by atoms with E-state index in [1.165, 1.54) is 7.11 Å². The van der Waals surface area contributed by atoms with Crippen LogP contribution in [0.4, 0.5) is 0 Å². The Balaban J connectivity index is 2.18. The van der Waals surface area contributed by atoms with E-state index >= 15 is 0 Å². The molecule has 36 heavy (non-hydrogen) atoms. The van der Waals surface area contributed by atoms with E-state index in [1.807, 2.05) is 12.1 Å². The van der Waals surface area contributed by atoms with Crippen LogP contribution in [-0.4, -0.2) is 37.2 Å². The summed E-state index contributed by atoms with van der Waals surface area (Å²) < 4.78 is 22.9. The lowest BCUT2D eigenvalue weighted by atomic mass is 9.92. The minimum atomic E-state index is -0.582. The monoisotopic (exact) mass is 575 g/mol. The van der Waals surface area contributed by atoms with Crippen LogP contribution in [0.15, 0.2) is 40.9 Å². The fourth-order valence-electron chi connectivity index (χ4n) is 3.79. The highest BCUT2D eigenvalue weighted by Gasteiger charge is 2.29. The fourth-order valence-corrected chi connectivity index (χ4v) is 4.47. The molecule has 3 rings (SSSR count). The largest absolute Gasteiger partial charge is 0.493 e. The Morgan fingerprint density at radius 3 is 2.00 bits per heavy atom. The minimum absolute atomic E-state index is 0.171. The lowest BCUT2D eigenvalue weighted by Crippen LogP contribution is -2.17. The zero-order valence-electron chi connectivity index (χ0n) is 20.7. The topological polar surface area (TPSA) is 84.0 Å². The van der Waals surface area contributed by atoms with E-state index in [0.29, 0.717) is 43.5 Å². The molecule has 0 atom stereocenters. The number of aromatic nitrogens is 1. The zero-order valence-corrected chi connectivity index (χ0v) is 23.1. The highest BCUT2D eigenvalue weighted by molar-refractivity contribution is 9.10. The Morgan fingerprint density at radius 2 is 1.50 bits per heavy atom. The van der Waals surface area contributed by atoms with Gasteiger partial charge in [0, 0.05) is 10.6 Å². The molecule has 0 saturated carbocycles. The van der Waals surface area contributed by atoms with Gasteiger partial charge in [-0.15, -0.1) is 0 Å². The van der Waals surface area contributed by atoms with E-state index < -0.39 is 11.9 Å². The Bertz CT molecular complexity index is 1230. The van der Waals surface area contributed by atoms with Gasteiger partial charge in [0.25, 0.3) is 0 Å². The molecular formula is C27H27BrClNO6. The van der Waals surface area contributed by atoms with Crippen LogP contribution >= 0.6 is 27.5 Å². The summed E-state index contributed by atoms with van der Waals surface area (Å²) in [4.78, 5) is 30.4. The zero-order chi connectivity index (χ0) is 26.4. The minimum Gasteiger partial charge on any atom is -0.493 e. The molecule has 190 valence electrons. The standard InChI is InChI=1S/C27H27BrClNO6/c1-6-34-26(31)22-15(3)30-16(4)23(27(32)35-7-2)24(22)18-12-20(28)25(21(13-18)33-5)36-14-17-8-10-19(29)11-9-17/h8-13H,6-7,14H2,1-5H3. The molecular weight excluding hydrogens is 550 g/mol. The van der Waals surface area contributed by atoms with Crippen molar-refractivity contribution in [2.45, 2.75) is 34.3 Å². The van der Waals surface area contributed by atoms with Gasteiger partial charge in [-0.25, -0.2) is 9.59 Å². The van der Waals surface area contributed by atoms with Crippen LogP contribution in [0.2, 0.25) is 5.02 Å². The molecule has 0 aliphatic heterocycles. The molecule has 1 aromatic heterocycles. The van der Waals surface area contributed by atoms with Crippen molar-refractivity contribution in [2.75, 3.05) is 20.3 Å². The maximum absolute atomic E-state index is 13.0. The van der Waals surface area contributed by atoms with Crippen molar-refractivity contribution in [3.05, 3.63) is 74.0 Å². The molecule has 0 aliphatic rings. The van der Waals surface area contributed by atoms with Gasteiger partial charge in [-0.3, -0.25) is 4.98 Å². The number of esters is 2. The van der Waals surface area contributed by atoms with E-state index in [1.54, 1.807) is 52.0 Å². The summed E-state index contributed by atoms with van der Waals surface area (Å²) in [5, 5.41) is 0.639. The molecule has 0 fully saturated rings. The van der Waals surface area contributed by atoms with Crippen molar-refractivity contribution >= 4 is 39.5 Å². The normalized spacial score (nSPS) is 10.6. The molecule has 9 heteroatoms.